The number of hydrogen-bond donors (Lipinski definition) is 2. The summed E-state index contributed by atoms with van der Waals surface area (Å²) in [5, 5.41) is 12.0. The van der Waals surface area contributed by atoms with Crippen molar-refractivity contribution in [3.63, 3.8) is 0 Å². The van der Waals surface area contributed by atoms with E-state index in [0.29, 0.717) is 23.6 Å². The van der Waals surface area contributed by atoms with Crippen LogP contribution in [0.3, 0.4) is 0 Å². The molecule has 6 heteroatoms. The Bertz CT molecular complexity index is 738. The van der Waals surface area contributed by atoms with Crippen molar-refractivity contribution in [1.82, 2.24) is 0 Å². The average molecular weight is 357 g/mol. The highest BCUT2D eigenvalue weighted by Crippen LogP contribution is 2.19. The fourth-order valence-electron chi connectivity index (χ4n) is 2.31. The van der Waals surface area contributed by atoms with Crippen LogP contribution in [-0.4, -0.2) is 29.7 Å². The second-order valence-corrected chi connectivity index (χ2v) is 6.06. The van der Waals surface area contributed by atoms with E-state index in [9.17, 15) is 9.59 Å². The van der Waals surface area contributed by atoms with Crippen LogP contribution in [0.15, 0.2) is 48.5 Å². The SMILES string of the molecule is CCOc1ccc(NC(=O)c2ccc(OC(C(=O)O)C(C)C)cc2)cc1. The fourth-order valence-corrected chi connectivity index (χ4v) is 2.31. The molecule has 0 fully saturated rings. The molecule has 1 atom stereocenters. The molecule has 6 nitrogen and oxygen atoms in total. The van der Waals surface area contributed by atoms with Gasteiger partial charge in [0.05, 0.1) is 6.61 Å². The van der Waals surface area contributed by atoms with E-state index in [1.807, 2.05) is 6.92 Å². The standard InChI is InChI=1S/C20H23NO5/c1-4-25-16-11-7-15(8-12-16)21-19(22)14-5-9-17(10-6-14)26-18(13(2)3)20(23)24/h5-13,18H,4H2,1-3H3,(H,21,22)(H,23,24). The molecule has 0 saturated carbocycles. The summed E-state index contributed by atoms with van der Waals surface area (Å²) in [6.07, 6.45) is -0.932. The molecule has 0 aliphatic carbocycles. The third-order valence-corrected chi connectivity index (χ3v) is 3.65. The zero-order valence-electron chi connectivity index (χ0n) is 15.1. The molecular formula is C20H23NO5. The molecule has 1 amide bonds. The molecule has 2 aromatic carbocycles. The normalized spacial score (nSPS) is 11.7. The molecule has 0 radical (unpaired) electrons. The lowest BCUT2D eigenvalue weighted by molar-refractivity contribution is -0.147. The molecule has 0 heterocycles. The molecule has 0 aliphatic rings. The Balaban J connectivity index is 2.00. The van der Waals surface area contributed by atoms with Crippen LogP contribution < -0.4 is 14.8 Å². The van der Waals surface area contributed by atoms with Crippen molar-refractivity contribution < 1.29 is 24.2 Å². The van der Waals surface area contributed by atoms with E-state index in [2.05, 4.69) is 5.32 Å². The van der Waals surface area contributed by atoms with Crippen molar-refractivity contribution in [2.75, 3.05) is 11.9 Å². The Kier molecular flexibility index (Phi) is 6.60. The number of carbonyl (C=O) groups is 2. The highest BCUT2D eigenvalue weighted by molar-refractivity contribution is 6.04. The van der Waals surface area contributed by atoms with Crippen LogP contribution in [0, 0.1) is 5.92 Å². The van der Waals surface area contributed by atoms with Gasteiger partial charge in [0.15, 0.2) is 6.10 Å². The molecule has 2 N–H and O–H groups in total. The summed E-state index contributed by atoms with van der Waals surface area (Å²) in [4.78, 5) is 23.5. The Hall–Kier alpha value is -3.02. The van der Waals surface area contributed by atoms with Gasteiger partial charge >= 0.3 is 5.97 Å². The van der Waals surface area contributed by atoms with Crippen molar-refractivity contribution >= 4 is 17.6 Å². The van der Waals surface area contributed by atoms with Gasteiger partial charge in [-0.05, 0) is 55.5 Å². The van der Waals surface area contributed by atoms with Crippen molar-refractivity contribution in [1.29, 1.82) is 0 Å². The highest BCUT2D eigenvalue weighted by atomic mass is 16.5. The van der Waals surface area contributed by atoms with Gasteiger partial charge < -0.3 is 19.9 Å². The summed E-state index contributed by atoms with van der Waals surface area (Å²) in [7, 11) is 0. The molecule has 0 aliphatic heterocycles. The molecule has 2 rings (SSSR count). The van der Waals surface area contributed by atoms with Crippen LogP contribution in [0.4, 0.5) is 5.69 Å². The first-order valence-electron chi connectivity index (χ1n) is 8.44. The van der Waals surface area contributed by atoms with Crippen molar-refractivity contribution in [3.05, 3.63) is 54.1 Å². The first-order valence-corrected chi connectivity index (χ1v) is 8.44. The summed E-state index contributed by atoms with van der Waals surface area (Å²) in [5.41, 5.74) is 1.10. The predicted octanol–water partition coefficient (Wildman–Crippen LogP) is 3.83. The van der Waals surface area contributed by atoms with Gasteiger partial charge in [-0.15, -0.1) is 0 Å². The van der Waals surface area contributed by atoms with Gasteiger partial charge in [0.25, 0.3) is 5.91 Å². The molecule has 2 aromatic rings. The molecule has 0 saturated heterocycles. The van der Waals surface area contributed by atoms with E-state index in [-0.39, 0.29) is 11.8 Å². The summed E-state index contributed by atoms with van der Waals surface area (Å²) >= 11 is 0. The molecule has 138 valence electrons. The van der Waals surface area contributed by atoms with Crippen LogP contribution in [0.2, 0.25) is 0 Å². The molecule has 0 spiro atoms. The number of rotatable bonds is 8. The van der Waals surface area contributed by atoms with E-state index in [4.69, 9.17) is 14.6 Å². The van der Waals surface area contributed by atoms with Crippen LogP contribution in [0.25, 0.3) is 0 Å². The number of ether oxygens (including phenoxy) is 2. The van der Waals surface area contributed by atoms with Crippen molar-refractivity contribution in [2.45, 2.75) is 26.9 Å². The number of carboxylic acids is 1. The van der Waals surface area contributed by atoms with Gasteiger partial charge in [-0.25, -0.2) is 4.79 Å². The largest absolute Gasteiger partial charge is 0.494 e. The predicted molar refractivity (Wildman–Crippen MR) is 98.9 cm³/mol. The smallest absolute Gasteiger partial charge is 0.345 e. The summed E-state index contributed by atoms with van der Waals surface area (Å²) in [6.45, 7) is 6.04. The van der Waals surface area contributed by atoms with Crippen LogP contribution in [0.1, 0.15) is 31.1 Å². The van der Waals surface area contributed by atoms with Crippen LogP contribution in [-0.2, 0) is 4.79 Å². The maximum Gasteiger partial charge on any atom is 0.345 e. The first kappa shape index (κ1) is 19.3. The number of benzene rings is 2. The van der Waals surface area contributed by atoms with E-state index < -0.39 is 12.1 Å². The third-order valence-electron chi connectivity index (χ3n) is 3.65. The molecular weight excluding hydrogens is 334 g/mol. The zero-order valence-corrected chi connectivity index (χ0v) is 15.1. The minimum Gasteiger partial charge on any atom is -0.494 e. The highest BCUT2D eigenvalue weighted by Gasteiger charge is 2.23. The second-order valence-electron chi connectivity index (χ2n) is 6.06. The molecule has 0 bridgehead atoms. The van der Waals surface area contributed by atoms with Gasteiger partial charge in [0.1, 0.15) is 11.5 Å². The number of carboxylic acid groups (broad SMARTS) is 1. The number of hydrogen-bond acceptors (Lipinski definition) is 4. The Morgan fingerprint density at radius 2 is 1.58 bits per heavy atom. The maximum atomic E-state index is 12.3. The Labute approximate surface area is 152 Å². The number of aliphatic carboxylic acids is 1. The molecule has 0 aromatic heterocycles. The Morgan fingerprint density at radius 3 is 2.08 bits per heavy atom. The van der Waals surface area contributed by atoms with Gasteiger partial charge in [0, 0.05) is 17.2 Å². The topological polar surface area (TPSA) is 84.9 Å². The quantitative estimate of drug-likeness (QED) is 0.750. The zero-order chi connectivity index (χ0) is 19.1. The summed E-state index contributed by atoms with van der Waals surface area (Å²) < 4.78 is 10.8. The Morgan fingerprint density at radius 1 is 1.00 bits per heavy atom. The van der Waals surface area contributed by atoms with E-state index in [0.717, 1.165) is 5.75 Å². The third kappa shape index (κ3) is 5.24. The van der Waals surface area contributed by atoms with Crippen molar-refractivity contribution in [2.24, 2.45) is 5.92 Å². The number of amides is 1. The molecule has 1 unspecified atom stereocenters. The fraction of sp³-hybridized carbons (Fsp3) is 0.300. The number of nitrogens with one attached hydrogen (secondary N) is 1. The summed E-state index contributed by atoms with van der Waals surface area (Å²) in [5.74, 6) is -0.305. The van der Waals surface area contributed by atoms with Gasteiger partial charge in [-0.2, -0.15) is 0 Å². The minimum atomic E-state index is -1.02. The van der Waals surface area contributed by atoms with Crippen LogP contribution in [0.5, 0.6) is 11.5 Å². The van der Waals surface area contributed by atoms with Crippen LogP contribution >= 0.6 is 0 Å². The van der Waals surface area contributed by atoms with Crippen molar-refractivity contribution in [3.8, 4) is 11.5 Å². The average Bonchev–Trinajstić information content (AvgIpc) is 2.61. The summed E-state index contributed by atoms with van der Waals surface area (Å²) in [6, 6.07) is 13.5. The van der Waals surface area contributed by atoms with Gasteiger partial charge in [0.2, 0.25) is 0 Å². The number of carbonyl (C=O) groups excluding carboxylic acids is 1. The second kappa shape index (κ2) is 8.89. The number of anilines is 1. The first-order chi connectivity index (χ1) is 12.4. The van der Waals surface area contributed by atoms with E-state index in [1.54, 1.807) is 62.4 Å². The maximum absolute atomic E-state index is 12.3. The lowest BCUT2D eigenvalue weighted by Crippen LogP contribution is -2.32. The van der Waals surface area contributed by atoms with E-state index in [1.165, 1.54) is 0 Å². The van der Waals surface area contributed by atoms with Gasteiger partial charge in [-0.1, -0.05) is 13.8 Å². The monoisotopic (exact) mass is 357 g/mol. The lowest BCUT2D eigenvalue weighted by atomic mass is 10.1. The van der Waals surface area contributed by atoms with E-state index >= 15 is 0 Å². The lowest BCUT2D eigenvalue weighted by Gasteiger charge is -2.18. The molecule has 26 heavy (non-hydrogen) atoms. The van der Waals surface area contributed by atoms with Gasteiger partial charge in [-0.3, -0.25) is 4.79 Å². The minimum absolute atomic E-state index is 0.171.